The lowest BCUT2D eigenvalue weighted by atomic mass is 10.00. The fraction of sp³-hybridized carbons (Fsp3) is 0.941. The SMILES string of the molecule is CC(O)C[N+](C)(C)CCOCCO.CCCCC(CC)C(=O)[O-]. The molecule has 0 fully saturated rings. The first-order valence-corrected chi connectivity index (χ1v) is 8.59. The Labute approximate surface area is 141 Å². The minimum absolute atomic E-state index is 0.0732. The predicted molar refractivity (Wildman–Crippen MR) is 89.7 cm³/mol. The van der Waals surface area contributed by atoms with Gasteiger partial charge in [-0.05, 0) is 25.7 Å². The van der Waals surface area contributed by atoms with Crippen molar-refractivity contribution in [2.45, 2.75) is 52.6 Å². The van der Waals surface area contributed by atoms with Crippen molar-refractivity contribution in [3.8, 4) is 0 Å². The molecule has 140 valence electrons. The van der Waals surface area contributed by atoms with Crippen molar-refractivity contribution in [1.29, 1.82) is 0 Å². The third kappa shape index (κ3) is 17.5. The molecule has 0 saturated carbocycles. The van der Waals surface area contributed by atoms with Gasteiger partial charge in [-0.25, -0.2) is 0 Å². The number of nitrogens with zero attached hydrogens (tertiary/aromatic N) is 1. The Morgan fingerprint density at radius 3 is 2.26 bits per heavy atom. The molecule has 0 radical (unpaired) electrons. The van der Waals surface area contributed by atoms with Gasteiger partial charge in [0, 0.05) is 5.97 Å². The molecule has 23 heavy (non-hydrogen) atoms. The molecule has 0 amide bonds. The molecule has 6 nitrogen and oxygen atoms in total. The van der Waals surface area contributed by atoms with Crippen LogP contribution in [0.5, 0.6) is 0 Å². The number of ether oxygens (including phenoxy) is 1. The number of aliphatic carboxylic acids is 1. The van der Waals surface area contributed by atoms with E-state index in [4.69, 9.17) is 9.84 Å². The third-order valence-corrected chi connectivity index (χ3v) is 3.57. The molecule has 0 saturated heterocycles. The van der Waals surface area contributed by atoms with Gasteiger partial charge in [-0.3, -0.25) is 0 Å². The number of carboxylic acids is 1. The Kier molecular flexibility index (Phi) is 15.9. The molecule has 0 aliphatic carbocycles. The maximum absolute atomic E-state index is 10.3. The largest absolute Gasteiger partial charge is 0.550 e. The molecule has 0 spiro atoms. The minimum atomic E-state index is -0.893. The normalized spacial score (nSPS) is 13.9. The number of aliphatic hydroxyl groups excluding tert-OH is 2. The number of aliphatic hydroxyl groups is 2. The maximum Gasteiger partial charge on any atom is 0.104 e. The molecule has 2 N–H and O–H groups in total. The van der Waals surface area contributed by atoms with Crippen molar-refractivity contribution in [1.82, 2.24) is 0 Å². The summed E-state index contributed by atoms with van der Waals surface area (Å²) < 4.78 is 5.89. The molecule has 0 aliphatic rings. The number of carbonyl (C=O) groups excluding carboxylic acids is 1. The van der Waals surface area contributed by atoms with Crippen molar-refractivity contribution < 1.29 is 29.3 Å². The van der Waals surface area contributed by atoms with Gasteiger partial charge in [-0.2, -0.15) is 0 Å². The van der Waals surface area contributed by atoms with E-state index >= 15 is 0 Å². The van der Waals surface area contributed by atoms with E-state index in [0.29, 0.717) is 19.6 Å². The minimum Gasteiger partial charge on any atom is -0.550 e. The highest BCUT2D eigenvalue weighted by molar-refractivity contribution is 5.67. The summed E-state index contributed by atoms with van der Waals surface area (Å²) in [5.41, 5.74) is 0. The van der Waals surface area contributed by atoms with E-state index in [1.54, 1.807) is 6.92 Å². The van der Waals surface area contributed by atoms with Crippen LogP contribution in [0.3, 0.4) is 0 Å². The van der Waals surface area contributed by atoms with Crippen molar-refractivity contribution in [3.63, 3.8) is 0 Å². The number of hydrogen-bond acceptors (Lipinski definition) is 5. The van der Waals surface area contributed by atoms with Crippen LogP contribution >= 0.6 is 0 Å². The molecule has 0 rings (SSSR count). The van der Waals surface area contributed by atoms with E-state index < -0.39 is 5.97 Å². The van der Waals surface area contributed by atoms with Gasteiger partial charge in [-0.15, -0.1) is 0 Å². The monoisotopic (exact) mass is 335 g/mol. The molecule has 0 heterocycles. The molecule has 6 heteroatoms. The van der Waals surface area contributed by atoms with Gasteiger partial charge >= 0.3 is 0 Å². The molecular formula is C17H37NO5. The van der Waals surface area contributed by atoms with E-state index in [0.717, 1.165) is 36.8 Å². The lowest BCUT2D eigenvalue weighted by Gasteiger charge is -2.30. The first-order valence-electron chi connectivity index (χ1n) is 8.59. The summed E-state index contributed by atoms with van der Waals surface area (Å²) in [6.07, 6.45) is 3.24. The van der Waals surface area contributed by atoms with Gasteiger partial charge in [0.05, 0.1) is 33.9 Å². The molecular weight excluding hydrogens is 298 g/mol. The number of unbranched alkanes of at least 4 members (excludes halogenated alkanes) is 1. The zero-order valence-corrected chi connectivity index (χ0v) is 15.6. The van der Waals surface area contributed by atoms with Crippen LogP contribution in [0.1, 0.15) is 46.5 Å². The van der Waals surface area contributed by atoms with E-state index in [1.807, 2.05) is 6.92 Å². The molecule has 0 aromatic carbocycles. The fourth-order valence-electron chi connectivity index (χ4n) is 2.22. The van der Waals surface area contributed by atoms with Crippen LogP contribution in [0.2, 0.25) is 0 Å². The second-order valence-electron chi connectivity index (χ2n) is 6.59. The zero-order chi connectivity index (χ0) is 18.3. The standard InChI is InChI=1S/C9H22NO3.C8H16O2/c1-9(12)8-10(2,3)4-6-13-7-5-11;1-3-5-6-7(4-2)8(9)10/h9,11-12H,4-8H2,1-3H3;7H,3-6H2,1-2H3,(H,9,10)/q+1;/p-1. The summed E-state index contributed by atoms with van der Waals surface area (Å²) in [6.45, 7) is 8.40. The number of carbonyl (C=O) groups is 1. The second kappa shape index (κ2) is 14.9. The number of quaternary nitrogens is 1. The average Bonchev–Trinajstić information content (AvgIpc) is 2.43. The van der Waals surface area contributed by atoms with Gasteiger partial charge in [-0.1, -0.05) is 26.7 Å². The van der Waals surface area contributed by atoms with Crippen LogP contribution in [0, 0.1) is 5.92 Å². The molecule has 0 aromatic rings. The summed E-state index contributed by atoms with van der Waals surface area (Å²) in [7, 11) is 4.10. The van der Waals surface area contributed by atoms with Gasteiger partial charge in [0.1, 0.15) is 19.2 Å². The van der Waals surface area contributed by atoms with Crippen LogP contribution in [-0.4, -0.2) is 73.8 Å². The Balaban J connectivity index is 0. The van der Waals surface area contributed by atoms with Gasteiger partial charge < -0.3 is 29.3 Å². The lowest BCUT2D eigenvalue weighted by Crippen LogP contribution is -2.46. The Morgan fingerprint density at radius 1 is 1.26 bits per heavy atom. The number of carboxylic acid groups (broad SMARTS) is 1. The number of likely N-dealkylation sites (N-methyl/N-ethyl adjacent to an activating group) is 1. The lowest BCUT2D eigenvalue weighted by molar-refractivity contribution is -0.893. The van der Waals surface area contributed by atoms with Gasteiger partial charge in [0.25, 0.3) is 0 Å². The first kappa shape index (κ1) is 24.6. The van der Waals surface area contributed by atoms with Crippen LogP contribution in [0.4, 0.5) is 0 Å². The molecule has 0 aromatic heterocycles. The summed E-state index contributed by atoms with van der Waals surface area (Å²) in [6, 6.07) is 0. The van der Waals surface area contributed by atoms with E-state index in [2.05, 4.69) is 21.0 Å². The van der Waals surface area contributed by atoms with E-state index in [-0.39, 0.29) is 18.6 Å². The Morgan fingerprint density at radius 2 is 1.87 bits per heavy atom. The number of rotatable bonds is 12. The Hall–Kier alpha value is -0.690. The van der Waals surface area contributed by atoms with Crippen molar-refractivity contribution in [2.24, 2.45) is 5.92 Å². The summed E-state index contributed by atoms with van der Waals surface area (Å²) in [5, 5.41) is 28.0. The highest BCUT2D eigenvalue weighted by atomic mass is 16.5. The van der Waals surface area contributed by atoms with Crippen LogP contribution in [0.25, 0.3) is 0 Å². The third-order valence-electron chi connectivity index (χ3n) is 3.57. The highest BCUT2D eigenvalue weighted by Crippen LogP contribution is 2.10. The zero-order valence-electron chi connectivity index (χ0n) is 15.6. The van der Waals surface area contributed by atoms with E-state index in [1.165, 1.54) is 0 Å². The van der Waals surface area contributed by atoms with Crippen molar-refractivity contribution >= 4 is 5.97 Å². The van der Waals surface area contributed by atoms with Gasteiger partial charge in [0.2, 0.25) is 0 Å². The topological polar surface area (TPSA) is 89.8 Å². The average molecular weight is 335 g/mol. The summed E-state index contributed by atoms with van der Waals surface area (Å²) in [5.74, 6) is -1.11. The first-order chi connectivity index (χ1) is 10.7. The molecule has 0 bridgehead atoms. The Bertz CT molecular complexity index is 282. The van der Waals surface area contributed by atoms with Crippen molar-refractivity contribution in [2.75, 3.05) is 47.0 Å². The van der Waals surface area contributed by atoms with Crippen molar-refractivity contribution in [3.05, 3.63) is 0 Å². The summed E-state index contributed by atoms with van der Waals surface area (Å²) >= 11 is 0. The highest BCUT2D eigenvalue weighted by Gasteiger charge is 2.17. The van der Waals surface area contributed by atoms with E-state index in [9.17, 15) is 15.0 Å². The smallest absolute Gasteiger partial charge is 0.104 e. The van der Waals surface area contributed by atoms with Crippen LogP contribution < -0.4 is 5.11 Å². The van der Waals surface area contributed by atoms with Crippen LogP contribution in [0.15, 0.2) is 0 Å². The van der Waals surface area contributed by atoms with Crippen LogP contribution in [-0.2, 0) is 9.53 Å². The number of hydrogen-bond donors (Lipinski definition) is 2. The molecule has 2 atom stereocenters. The molecule has 0 aliphatic heterocycles. The molecule has 2 unspecified atom stereocenters. The van der Waals surface area contributed by atoms with Gasteiger partial charge in [0.15, 0.2) is 0 Å². The maximum atomic E-state index is 10.3. The fourth-order valence-corrected chi connectivity index (χ4v) is 2.22. The summed E-state index contributed by atoms with van der Waals surface area (Å²) in [4.78, 5) is 10.3. The quantitative estimate of drug-likeness (QED) is 0.398. The second-order valence-corrected chi connectivity index (χ2v) is 6.59. The predicted octanol–water partition coefficient (Wildman–Crippen LogP) is 0.405.